The monoisotopic (exact) mass is 264 g/mol. The van der Waals surface area contributed by atoms with Gasteiger partial charge in [-0.15, -0.1) is 0 Å². The van der Waals surface area contributed by atoms with Gasteiger partial charge >= 0.3 is 0 Å². The summed E-state index contributed by atoms with van der Waals surface area (Å²) in [6, 6.07) is 5.86. The van der Waals surface area contributed by atoms with Crippen LogP contribution in [0.1, 0.15) is 50.8 Å². The van der Waals surface area contributed by atoms with E-state index in [4.69, 9.17) is 4.74 Å². The first-order chi connectivity index (χ1) is 8.90. The van der Waals surface area contributed by atoms with Gasteiger partial charge in [-0.2, -0.15) is 0 Å². The van der Waals surface area contributed by atoms with Crippen LogP contribution in [-0.4, -0.2) is 22.4 Å². The van der Waals surface area contributed by atoms with Crippen LogP contribution in [0.25, 0.3) is 0 Å². The number of benzene rings is 1. The fourth-order valence-corrected chi connectivity index (χ4v) is 2.24. The Morgan fingerprint density at radius 1 is 1.42 bits per heavy atom. The molecule has 2 N–H and O–H groups in total. The topological polar surface area (TPSA) is 49.7 Å². The number of aryl methyl sites for hydroxylation is 1. The predicted molar refractivity (Wildman–Crippen MR) is 75.3 cm³/mol. The molecule has 1 unspecified atom stereocenters. The van der Waals surface area contributed by atoms with E-state index >= 15 is 0 Å². The highest BCUT2D eigenvalue weighted by molar-refractivity contribution is 5.38. The van der Waals surface area contributed by atoms with Crippen molar-refractivity contribution in [2.24, 2.45) is 5.92 Å². The standard InChI is InChI=1S/C16H24O3/c1-11(2)16(3,18)10-19-13-8-7-12-5-4-6-15(17)14(12)9-13/h7-9,11,15,17-18H,4-6,10H2,1-3H3/t15-,16?/m1/s1. The van der Waals surface area contributed by atoms with Crippen LogP contribution >= 0.6 is 0 Å². The molecule has 106 valence electrons. The summed E-state index contributed by atoms with van der Waals surface area (Å²) in [7, 11) is 0. The minimum Gasteiger partial charge on any atom is -0.491 e. The van der Waals surface area contributed by atoms with Gasteiger partial charge in [-0.05, 0) is 55.4 Å². The third-order valence-electron chi connectivity index (χ3n) is 4.17. The average molecular weight is 264 g/mol. The summed E-state index contributed by atoms with van der Waals surface area (Å²) in [5.74, 6) is 0.858. The van der Waals surface area contributed by atoms with Crippen LogP contribution in [0, 0.1) is 5.92 Å². The zero-order valence-corrected chi connectivity index (χ0v) is 12.0. The van der Waals surface area contributed by atoms with E-state index in [1.165, 1.54) is 5.56 Å². The summed E-state index contributed by atoms with van der Waals surface area (Å²) in [6.07, 6.45) is 2.50. The van der Waals surface area contributed by atoms with Gasteiger partial charge in [-0.25, -0.2) is 0 Å². The van der Waals surface area contributed by atoms with E-state index in [9.17, 15) is 10.2 Å². The zero-order valence-electron chi connectivity index (χ0n) is 12.0. The maximum absolute atomic E-state index is 10.2. The van der Waals surface area contributed by atoms with Crippen LogP contribution in [-0.2, 0) is 6.42 Å². The van der Waals surface area contributed by atoms with Gasteiger partial charge in [0.1, 0.15) is 12.4 Å². The van der Waals surface area contributed by atoms with Gasteiger partial charge in [0.2, 0.25) is 0 Å². The molecule has 1 aliphatic rings. The van der Waals surface area contributed by atoms with Crippen molar-refractivity contribution in [2.45, 2.75) is 51.7 Å². The summed E-state index contributed by atoms with van der Waals surface area (Å²) in [6.45, 7) is 5.99. The second-order valence-electron chi connectivity index (χ2n) is 6.07. The number of rotatable bonds is 4. The SMILES string of the molecule is CC(C)C(C)(O)COc1ccc2c(c1)[C@H](O)CCC2. The Hall–Kier alpha value is -1.06. The van der Waals surface area contributed by atoms with Gasteiger partial charge in [-0.3, -0.25) is 0 Å². The van der Waals surface area contributed by atoms with E-state index in [0.717, 1.165) is 30.6 Å². The molecule has 0 heterocycles. The highest BCUT2D eigenvalue weighted by Crippen LogP contribution is 2.32. The molecule has 2 atom stereocenters. The molecule has 0 aromatic heterocycles. The molecular weight excluding hydrogens is 240 g/mol. The molecule has 0 radical (unpaired) electrons. The summed E-state index contributed by atoms with van der Waals surface area (Å²) >= 11 is 0. The molecule has 0 aliphatic heterocycles. The van der Waals surface area contributed by atoms with Crippen LogP contribution in [0.4, 0.5) is 0 Å². The molecule has 0 amide bonds. The summed E-state index contributed by atoms with van der Waals surface area (Å²) in [5.41, 5.74) is 1.35. The molecular formula is C16H24O3. The first kappa shape index (κ1) is 14.4. The number of fused-ring (bicyclic) bond motifs is 1. The molecule has 0 bridgehead atoms. The number of ether oxygens (including phenoxy) is 1. The minimum atomic E-state index is -0.839. The van der Waals surface area contributed by atoms with E-state index < -0.39 is 5.60 Å². The van der Waals surface area contributed by atoms with Crippen LogP contribution in [0.2, 0.25) is 0 Å². The molecule has 3 nitrogen and oxygen atoms in total. The van der Waals surface area contributed by atoms with Crippen molar-refractivity contribution in [3.8, 4) is 5.75 Å². The summed E-state index contributed by atoms with van der Waals surface area (Å²) in [5, 5.41) is 20.2. The lowest BCUT2D eigenvalue weighted by molar-refractivity contribution is -0.0267. The van der Waals surface area contributed by atoms with Crippen molar-refractivity contribution in [1.29, 1.82) is 0 Å². The Labute approximate surface area is 115 Å². The van der Waals surface area contributed by atoms with Crippen LogP contribution in [0.3, 0.4) is 0 Å². The van der Waals surface area contributed by atoms with Crippen molar-refractivity contribution in [3.05, 3.63) is 29.3 Å². The van der Waals surface area contributed by atoms with Crippen LogP contribution in [0.15, 0.2) is 18.2 Å². The van der Waals surface area contributed by atoms with E-state index in [-0.39, 0.29) is 18.6 Å². The highest BCUT2D eigenvalue weighted by atomic mass is 16.5. The van der Waals surface area contributed by atoms with Gasteiger partial charge in [0.15, 0.2) is 0 Å². The van der Waals surface area contributed by atoms with Crippen molar-refractivity contribution in [3.63, 3.8) is 0 Å². The number of hydrogen-bond donors (Lipinski definition) is 2. The van der Waals surface area contributed by atoms with Gasteiger partial charge in [0.25, 0.3) is 0 Å². The Morgan fingerprint density at radius 2 is 2.16 bits per heavy atom. The van der Waals surface area contributed by atoms with Gasteiger partial charge in [0.05, 0.1) is 11.7 Å². The fraction of sp³-hybridized carbons (Fsp3) is 0.625. The van der Waals surface area contributed by atoms with Gasteiger partial charge in [-0.1, -0.05) is 19.9 Å². The lowest BCUT2D eigenvalue weighted by Crippen LogP contribution is -2.37. The Balaban J connectivity index is 2.08. The van der Waals surface area contributed by atoms with Crippen molar-refractivity contribution < 1.29 is 14.9 Å². The molecule has 0 fully saturated rings. The lowest BCUT2D eigenvalue weighted by atomic mass is 9.89. The smallest absolute Gasteiger partial charge is 0.119 e. The number of aliphatic hydroxyl groups excluding tert-OH is 1. The second kappa shape index (κ2) is 5.51. The van der Waals surface area contributed by atoms with Gasteiger partial charge < -0.3 is 14.9 Å². The largest absolute Gasteiger partial charge is 0.491 e. The third-order valence-corrected chi connectivity index (χ3v) is 4.17. The van der Waals surface area contributed by atoms with E-state index in [1.54, 1.807) is 6.92 Å². The molecule has 0 spiro atoms. The second-order valence-corrected chi connectivity index (χ2v) is 6.07. The zero-order chi connectivity index (χ0) is 14.0. The number of hydrogen-bond acceptors (Lipinski definition) is 3. The quantitative estimate of drug-likeness (QED) is 0.879. The average Bonchev–Trinajstić information content (AvgIpc) is 2.37. The number of aliphatic hydroxyl groups is 2. The van der Waals surface area contributed by atoms with Crippen molar-refractivity contribution in [1.82, 2.24) is 0 Å². The molecule has 1 aromatic carbocycles. The Bertz CT molecular complexity index is 438. The fourth-order valence-electron chi connectivity index (χ4n) is 2.24. The molecule has 1 aromatic rings. The molecule has 19 heavy (non-hydrogen) atoms. The molecule has 0 saturated carbocycles. The minimum absolute atomic E-state index is 0.135. The highest BCUT2D eigenvalue weighted by Gasteiger charge is 2.26. The first-order valence-electron chi connectivity index (χ1n) is 7.06. The molecule has 1 aliphatic carbocycles. The Morgan fingerprint density at radius 3 is 2.84 bits per heavy atom. The van der Waals surface area contributed by atoms with Crippen LogP contribution in [0.5, 0.6) is 5.75 Å². The summed E-state index contributed by atoms with van der Waals surface area (Å²) < 4.78 is 5.69. The maximum Gasteiger partial charge on any atom is 0.119 e. The third kappa shape index (κ3) is 3.28. The summed E-state index contributed by atoms with van der Waals surface area (Å²) in [4.78, 5) is 0. The molecule has 3 heteroatoms. The first-order valence-corrected chi connectivity index (χ1v) is 7.06. The maximum atomic E-state index is 10.2. The normalized spacial score (nSPS) is 21.9. The molecule has 0 saturated heterocycles. The Kier molecular flexibility index (Phi) is 4.16. The predicted octanol–water partition coefficient (Wildman–Crippen LogP) is 2.84. The van der Waals surface area contributed by atoms with Crippen molar-refractivity contribution >= 4 is 0 Å². The van der Waals surface area contributed by atoms with E-state index in [2.05, 4.69) is 0 Å². The van der Waals surface area contributed by atoms with E-state index in [0.29, 0.717) is 0 Å². The molecule has 2 rings (SSSR count). The van der Waals surface area contributed by atoms with Crippen molar-refractivity contribution in [2.75, 3.05) is 6.61 Å². The van der Waals surface area contributed by atoms with Gasteiger partial charge in [0, 0.05) is 0 Å². The lowest BCUT2D eigenvalue weighted by Gasteiger charge is -2.28. The van der Waals surface area contributed by atoms with Crippen LogP contribution < -0.4 is 4.74 Å². The van der Waals surface area contributed by atoms with E-state index in [1.807, 2.05) is 32.0 Å².